The van der Waals surface area contributed by atoms with Gasteiger partial charge in [0, 0.05) is 10.6 Å². The van der Waals surface area contributed by atoms with Crippen LogP contribution >= 0.6 is 34.5 Å². The van der Waals surface area contributed by atoms with Crippen LogP contribution in [0.1, 0.15) is 17.5 Å². The fraction of sp³-hybridized carbons (Fsp3) is 0.105. The molecule has 1 heterocycles. The maximum absolute atomic E-state index is 12.0. The zero-order valence-electron chi connectivity index (χ0n) is 14.5. The molecule has 0 atom stereocenters. The summed E-state index contributed by atoms with van der Waals surface area (Å²) < 4.78 is 0. The molecule has 1 N–H and O–H groups in total. The van der Waals surface area contributed by atoms with Crippen molar-refractivity contribution in [2.24, 2.45) is 5.16 Å². The van der Waals surface area contributed by atoms with Gasteiger partial charge in [-0.3, -0.25) is 10.2 Å². The van der Waals surface area contributed by atoms with E-state index in [4.69, 9.17) is 28.0 Å². The molecule has 3 aromatic rings. The van der Waals surface area contributed by atoms with Crippen molar-refractivity contribution in [3.05, 3.63) is 69.1 Å². The zero-order chi connectivity index (χ0) is 19.4. The Morgan fingerprint density at radius 3 is 2.63 bits per heavy atom. The van der Waals surface area contributed by atoms with E-state index >= 15 is 0 Å². The van der Waals surface area contributed by atoms with Crippen LogP contribution in [0.3, 0.4) is 0 Å². The Bertz CT molecular complexity index is 1000. The molecular formula is C19H15Cl2N3O2S. The van der Waals surface area contributed by atoms with E-state index in [9.17, 15) is 4.79 Å². The predicted octanol–water partition coefficient (Wildman–Crippen LogP) is 6.40. The second-order valence-electron chi connectivity index (χ2n) is 5.60. The number of rotatable bonds is 4. The van der Waals surface area contributed by atoms with Crippen molar-refractivity contribution in [3.8, 4) is 10.6 Å². The maximum atomic E-state index is 12.0. The maximum Gasteiger partial charge on any atom is 0.437 e. The molecule has 0 fully saturated rings. The molecule has 5 nitrogen and oxygen atoms in total. The Kier molecular flexibility index (Phi) is 6.11. The fourth-order valence-corrected chi connectivity index (χ4v) is 3.78. The van der Waals surface area contributed by atoms with Gasteiger partial charge in [-0.15, -0.1) is 11.3 Å². The summed E-state index contributed by atoms with van der Waals surface area (Å²) in [5, 5.41) is 8.10. The molecule has 8 heteroatoms. The van der Waals surface area contributed by atoms with Crippen LogP contribution in [0, 0.1) is 6.92 Å². The molecule has 0 aliphatic rings. The highest BCUT2D eigenvalue weighted by atomic mass is 35.5. The van der Waals surface area contributed by atoms with Crippen LogP contribution in [0.2, 0.25) is 10.0 Å². The lowest BCUT2D eigenvalue weighted by Gasteiger charge is -2.05. The van der Waals surface area contributed by atoms with Crippen molar-refractivity contribution in [3.63, 3.8) is 0 Å². The van der Waals surface area contributed by atoms with Crippen LogP contribution < -0.4 is 5.32 Å². The topological polar surface area (TPSA) is 63.6 Å². The minimum atomic E-state index is -0.746. The van der Waals surface area contributed by atoms with Crippen molar-refractivity contribution >= 4 is 52.0 Å². The second kappa shape index (κ2) is 8.52. The Balaban J connectivity index is 1.70. The Hall–Kier alpha value is -2.41. The smallest absolute Gasteiger partial charge is 0.297 e. The van der Waals surface area contributed by atoms with E-state index in [-0.39, 0.29) is 0 Å². The molecule has 0 saturated carbocycles. The van der Waals surface area contributed by atoms with E-state index in [1.165, 1.54) is 17.4 Å². The van der Waals surface area contributed by atoms with Gasteiger partial charge in [0.1, 0.15) is 5.01 Å². The summed E-state index contributed by atoms with van der Waals surface area (Å²) >= 11 is 13.3. The van der Waals surface area contributed by atoms with Gasteiger partial charge in [0.2, 0.25) is 0 Å². The lowest BCUT2D eigenvalue weighted by molar-refractivity contribution is 0.166. The number of carbonyl (C=O) groups is 1. The van der Waals surface area contributed by atoms with E-state index < -0.39 is 6.09 Å². The average Bonchev–Trinajstić information content (AvgIpc) is 3.05. The number of oxime groups is 1. The summed E-state index contributed by atoms with van der Waals surface area (Å²) in [6.45, 7) is 3.66. The molecular weight excluding hydrogens is 405 g/mol. The normalized spacial score (nSPS) is 11.3. The molecule has 0 saturated heterocycles. The van der Waals surface area contributed by atoms with Gasteiger partial charge in [-0.2, -0.15) is 0 Å². The molecule has 138 valence electrons. The first-order valence-electron chi connectivity index (χ1n) is 7.95. The first-order valence-corrected chi connectivity index (χ1v) is 9.52. The molecule has 3 rings (SSSR count). The van der Waals surface area contributed by atoms with Gasteiger partial charge in [-0.25, -0.2) is 9.78 Å². The summed E-state index contributed by atoms with van der Waals surface area (Å²) in [5.74, 6) is 0. The standard InChI is InChI=1S/C19H15Cl2N3O2S/c1-11-17(27-18(22-11)13-6-4-3-5-7-13)12(2)24-26-19(25)23-16-9-8-14(20)10-15(16)21/h3-10H,1-2H3,(H,23,25)/b24-12+. The Morgan fingerprint density at radius 1 is 1.19 bits per heavy atom. The van der Waals surface area contributed by atoms with Gasteiger partial charge in [0.15, 0.2) is 0 Å². The minimum Gasteiger partial charge on any atom is -0.297 e. The average molecular weight is 420 g/mol. The Labute approximate surface area is 170 Å². The van der Waals surface area contributed by atoms with Gasteiger partial charge in [-0.1, -0.05) is 58.7 Å². The molecule has 0 aliphatic heterocycles. The van der Waals surface area contributed by atoms with E-state index in [1.807, 2.05) is 37.3 Å². The number of anilines is 1. The Morgan fingerprint density at radius 2 is 1.93 bits per heavy atom. The number of amides is 1. The highest BCUT2D eigenvalue weighted by Crippen LogP contribution is 2.28. The lowest BCUT2D eigenvalue weighted by Crippen LogP contribution is -2.12. The summed E-state index contributed by atoms with van der Waals surface area (Å²) in [6.07, 6.45) is -0.746. The van der Waals surface area contributed by atoms with Crippen LogP contribution in [-0.2, 0) is 4.84 Å². The summed E-state index contributed by atoms with van der Waals surface area (Å²) in [5.41, 5.74) is 2.80. The van der Waals surface area contributed by atoms with E-state index in [0.717, 1.165) is 21.1 Å². The summed E-state index contributed by atoms with van der Waals surface area (Å²) in [6, 6.07) is 14.6. The first-order chi connectivity index (χ1) is 12.9. The number of halogens is 2. The van der Waals surface area contributed by atoms with Crippen LogP contribution in [0.15, 0.2) is 53.7 Å². The number of hydrogen-bond donors (Lipinski definition) is 1. The molecule has 0 bridgehead atoms. The molecule has 0 radical (unpaired) electrons. The lowest BCUT2D eigenvalue weighted by atomic mass is 10.2. The van der Waals surface area contributed by atoms with E-state index in [2.05, 4.69) is 15.5 Å². The van der Waals surface area contributed by atoms with Crippen LogP contribution in [0.5, 0.6) is 0 Å². The SMILES string of the molecule is C/C(=N\OC(=O)Nc1ccc(Cl)cc1Cl)c1sc(-c2ccccc2)nc1C. The molecule has 27 heavy (non-hydrogen) atoms. The van der Waals surface area contributed by atoms with Gasteiger partial charge >= 0.3 is 6.09 Å². The molecule has 1 amide bonds. The summed E-state index contributed by atoms with van der Waals surface area (Å²) in [7, 11) is 0. The fourth-order valence-electron chi connectivity index (χ4n) is 2.31. The zero-order valence-corrected chi connectivity index (χ0v) is 16.8. The number of carbonyl (C=O) groups excluding carboxylic acids is 1. The third kappa shape index (κ3) is 4.86. The molecule has 2 aromatic carbocycles. The quantitative estimate of drug-likeness (QED) is 0.302. The van der Waals surface area contributed by atoms with Crippen molar-refractivity contribution in [1.29, 1.82) is 0 Å². The number of hydrogen-bond acceptors (Lipinski definition) is 5. The van der Waals surface area contributed by atoms with Crippen LogP contribution in [-0.4, -0.2) is 16.8 Å². The number of aromatic nitrogens is 1. The number of benzene rings is 2. The third-order valence-electron chi connectivity index (χ3n) is 3.58. The van der Waals surface area contributed by atoms with Crippen molar-refractivity contribution in [1.82, 2.24) is 4.98 Å². The highest BCUT2D eigenvalue weighted by Gasteiger charge is 2.13. The number of nitrogens with zero attached hydrogens (tertiary/aromatic N) is 2. The largest absolute Gasteiger partial charge is 0.437 e. The minimum absolute atomic E-state index is 0.311. The van der Waals surface area contributed by atoms with Gasteiger partial charge in [0.05, 0.1) is 27.0 Å². The van der Waals surface area contributed by atoms with Crippen molar-refractivity contribution in [2.75, 3.05) is 5.32 Å². The van der Waals surface area contributed by atoms with Crippen LogP contribution in [0.25, 0.3) is 10.6 Å². The molecule has 0 aliphatic carbocycles. The third-order valence-corrected chi connectivity index (χ3v) is 5.44. The van der Waals surface area contributed by atoms with E-state index in [1.54, 1.807) is 19.1 Å². The van der Waals surface area contributed by atoms with Crippen molar-refractivity contribution in [2.45, 2.75) is 13.8 Å². The van der Waals surface area contributed by atoms with Gasteiger partial charge in [0.25, 0.3) is 0 Å². The monoisotopic (exact) mass is 419 g/mol. The predicted molar refractivity (Wildman–Crippen MR) is 111 cm³/mol. The molecule has 0 unspecified atom stereocenters. The van der Waals surface area contributed by atoms with Crippen LogP contribution in [0.4, 0.5) is 10.5 Å². The molecule has 1 aromatic heterocycles. The second-order valence-corrected chi connectivity index (χ2v) is 7.45. The highest BCUT2D eigenvalue weighted by molar-refractivity contribution is 7.17. The number of thiazole rings is 1. The first kappa shape index (κ1) is 19.4. The number of nitrogens with one attached hydrogen (secondary N) is 1. The van der Waals surface area contributed by atoms with Gasteiger partial charge < -0.3 is 0 Å². The molecule has 0 spiro atoms. The number of aryl methyl sites for hydroxylation is 1. The van der Waals surface area contributed by atoms with Gasteiger partial charge in [-0.05, 0) is 32.0 Å². The van der Waals surface area contributed by atoms with Crippen molar-refractivity contribution < 1.29 is 9.63 Å². The summed E-state index contributed by atoms with van der Waals surface area (Å²) in [4.78, 5) is 22.3. The van der Waals surface area contributed by atoms with E-state index in [0.29, 0.717) is 21.4 Å².